The van der Waals surface area contributed by atoms with Crippen LogP contribution in [0, 0.1) is 12.3 Å². The lowest BCUT2D eigenvalue weighted by Crippen LogP contribution is -2.34. The molecule has 0 radical (unpaired) electrons. The maximum atomic E-state index is 11.9. The molecular weight excluding hydrogens is 234 g/mol. The van der Waals surface area contributed by atoms with Crippen molar-refractivity contribution >= 4 is 11.9 Å². The number of phenolic OH excluding ortho intramolecular Hbond substituents is 1. The summed E-state index contributed by atoms with van der Waals surface area (Å²) in [6.45, 7) is 1.81. The van der Waals surface area contributed by atoms with Gasteiger partial charge in [-0.25, -0.2) is 0 Å². The lowest BCUT2D eigenvalue weighted by Gasteiger charge is -2.12. The average Bonchev–Trinajstić information content (AvgIpc) is 3.11. The van der Waals surface area contributed by atoms with Crippen LogP contribution in [0.25, 0.3) is 0 Å². The van der Waals surface area contributed by atoms with Gasteiger partial charge in [-0.2, -0.15) is 0 Å². The second kappa shape index (κ2) is 4.33. The number of para-hydroxylation sites is 1. The number of carbonyl (C=O) groups is 2. The summed E-state index contributed by atoms with van der Waals surface area (Å²) in [5.41, 5.74) is -0.00652. The van der Waals surface area contributed by atoms with Crippen molar-refractivity contribution in [2.75, 3.05) is 6.54 Å². The Kier molecular flexibility index (Phi) is 2.98. The van der Waals surface area contributed by atoms with Crippen molar-refractivity contribution in [3.8, 4) is 5.75 Å². The van der Waals surface area contributed by atoms with Gasteiger partial charge in [0.05, 0.1) is 11.0 Å². The Labute approximate surface area is 104 Å². The zero-order valence-electron chi connectivity index (χ0n) is 10.1. The minimum Gasteiger partial charge on any atom is -0.507 e. The van der Waals surface area contributed by atoms with Gasteiger partial charge in [0, 0.05) is 6.54 Å². The van der Waals surface area contributed by atoms with Gasteiger partial charge < -0.3 is 15.5 Å². The molecule has 1 saturated carbocycles. The first-order valence-corrected chi connectivity index (χ1v) is 5.76. The molecule has 1 aromatic carbocycles. The van der Waals surface area contributed by atoms with E-state index in [1.165, 1.54) is 6.07 Å². The number of hydrogen-bond acceptors (Lipinski definition) is 3. The number of aromatic hydroxyl groups is 1. The lowest BCUT2D eigenvalue weighted by atomic mass is 10.1. The molecule has 0 saturated heterocycles. The summed E-state index contributed by atoms with van der Waals surface area (Å²) in [7, 11) is 0. The third kappa shape index (κ3) is 2.16. The quantitative estimate of drug-likeness (QED) is 0.750. The van der Waals surface area contributed by atoms with Crippen LogP contribution in [-0.4, -0.2) is 28.6 Å². The minimum atomic E-state index is -0.878. The van der Waals surface area contributed by atoms with E-state index in [0.717, 1.165) is 0 Å². The molecule has 18 heavy (non-hydrogen) atoms. The third-order valence-corrected chi connectivity index (χ3v) is 3.38. The van der Waals surface area contributed by atoms with Crippen LogP contribution in [0.5, 0.6) is 5.75 Å². The first-order valence-electron chi connectivity index (χ1n) is 5.76. The van der Waals surface area contributed by atoms with Crippen LogP contribution in [-0.2, 0) is 4.79 Å². The average molecular weight is 249 g/mol. The Balaban J connectivity index is 2.05. The number of rotatable bonds is 4. The number of carboxylic acid groups (broad SMARTS) is 1. The molecule has 1 amide bonds. The number of nitrogens with one attached hydrogen (secondary N) is 1. The fraction of sp³-hybridized carbons (Fsp3) is 0.385. The molecule has 1 aliphatic rings. The monoisotopic (exact) mass is 249 g/mol. The van der Waals surface area contributed by atoms with Gasteiger partial charge in [0.2, 0.25) is 0 Å². The van der Waals surface area contributed by atoms with E-state index in [1.807, 2.05) is 0 Å². The van der Waals surface area contributed by atoms with Crippen LogP contribution in [0.3, 0.4) is 0 Å². The van der Waals surface area contributed by atoms with E-state index in [2.05, 4.69) is 5.32 Å². The third-order valence-electron chi connectivity index (χ3n) is 3.38. The van der Waals surface area contributed by atoms with Crippen LogP contribution in [0.1, 0.15) is 28.8 Å². The minimum absolute atomic E-state index is 0.0600. The molecule has 5 heteroatoms. The normalized spacial score (nSPS) is 16.1. The zero-order valence-corrected chi connectivity index (χ0v) is 10.1. The molecule has 0 aliphatic heterocycles. The molecule has 0 heterocycles. The van der Waals surface area contributed by atoms with E-state index in [4.69, 9.17) is 5.11 Å². The number of aliphatic carboxylic acids is 1. The molecule has 1 fully saturated rings. The van der Waals surface area contributed by atoms with Crippen molar-refractivity contribution in [3.63, 3.8) is 0 Å². The molecular formula is C13H15NO4. The standard InChI is InChI=1S/C13H15NO4/c1-8-3-2-4-9(10(8)15)11(16)14-7-13(5-6-13)12(17)18/h2-4,15H,5-7H2,1H3,(H,14,16)(H,17,18). The zero-order chi connectivity index (χ0) is 13.3. The summed E-state index contributed by atoms with van der Waals surface area (Å²) in [5, 5.41) is 21.3. The van der Waals surface area contributed by atoms with Gasteiger partial charge in [0.25, 0.3) is 5.91 Å². The van der Waals surface area contributed by atoms with Crippen molar-refractivity contribution in [1.82, 2.24) is 5.32 Å². The van der Waals surface area contributed by atoms with Crippen LogP contribution < -0.4 is 5.32 Å². The van der Waals surface area contributed by atoms with Crippen LogP contribution in [0.2, 0.25) is 0 Å². The second-order valence-corrected chi connectivity index (χ2v) is 4.74. The number of carbonyl (C=O) groups excluding carboxylic acids is 1. The molecule has 3 N–H and O–H groups in total. The van der Waals surface area contributed by atoms with E-state index in [-0.39, 0.29) is 17.9 Å². The molecule has 2 rings (SSSR count). The number of benzene rings is 1. The summed E-state index contributed by atoms with van der Waals surface area (Å²) >= 11 is 0. The molecule has 96 valence electrons. The highest BCUT2D eigenvalue weighted by molar-refractivity contribution is 5.97. The summed E-state index contributed by atoms with van der Waals surface area (Å²) in [6.07, 6.45) is 1.17. The largest absolute Gasteiger partial charge is 0.507 e. The van der Waals surface area contributed by atoms with E-state index in [9.17, 15) is 14.7 Å². The van der Waals surface area contributed by atoms with Gasteiger partial charge >= 0.3 is 5.97 Å². The molecule has 0 unspecified atom stereocenters. The van der Waals surface area contributed by atoms with Crippen molar-refractivity contribution in [1.29, 1.82) is 0 Å². The summed E-state index contributed by atoms with van der Waals surface area (Å²) in [6, 6.07) is 4.89. The van der Waals surface area contributed by atoms with Gasteiger partial charge in [-0.05, 0) is 31.4 Å². The Hall–Kier alpha value is -2.04. The predicted molar refractivity (Wildman–Crippen MR) is 64.5 cm³/mol. The molecule has 5 nitrogen and oxygen atoms in total. The topological polar surface area (TPSA) is 86.6 Å². The van der Waals surface area contributed by atoms with Crippen LogP contribution in [0.15, 0.2) is 18.2 Å². The number of amides is 1. The summed E-state index contributed by atoms with van der Waals surface area (Å²) < 4.78 is 0. The molecule has 0 aromatic heterocycles. The van der Waals surface area contributed by atoms with Crippen molar-refractivity contribution in [2.45, 2.75) is 19.8 Å². The summed E-state index contributed by atoms with van der Waals surface area (Å²) in [4.78, 5) is 22.8. The smallest absolute Gasteiger partial charge is 0.311 e. The van der Waals surface area contributed by atoms with Gasteiger partial charge in [-0.3, -0.25) is 9.59 Å². The fourth-order valence-electron chi connectivity index (χ4n) is 1.80. The Morgan fingerprint density at radius 1 is 1.39 bits per heavy atom. The molecule has 0 atom stereocenters. The highest BCUT2D eigenvalue weighted by atomic mass is 16.4. The van der Waals surface area contributed by atoms with E-state index >= 15 is 0 Å². The highest BCUT2D eigenvalue weighted by Crippen LogP contribution is 2.45. The van der Waals surface area contributed by atoms with Crippen molar-refractivity contribution < 1.29 is 19.8 Å². The number of carboxylic acids is 1. The fourth-order valence-corrected chi connectivity index (χ4v) is 1.80. The number of phenols is 1. The van der Waals surface area contributed by atoms with Gasteiger partial charge in [-0.15, -0.1) is 0 Å². The van der Waals surface area contributed by atoms with Crippen molar-refractivity contribution in [2.24, 2.45) is 5.41 Å². The molecule has 1 aromatic rings. The number of aryl methyl sites for hydroxylation is 1. The maximum absolute atomic E-state index is 11.9. The Morgan fingerprint density at radius 2 is 2.06 bits per heavy atom. The molecule has 0 spiro atoms. The SMILES string of the molecule is Cc1cccc(C(=O)NCC2(C(=O)O)CC2)c1O. The van der Waals surface area contributed by atoms with Gasteiger partial charge in [0.1, 0.15) is 5.75 Å². The highest BCUT2D eigenvalue weighted by Gasteiger charge is 2.50. The van der Waals surface area contributed by atoms with Crippen LogP contribution >= 0.6 is 0 Å². The van der Waals surface area contributed by atoms with Crippen molar-refractivity contribution in [3.05, 3.63) is 29.3 Å². The lowest BCUT2D eigenvalue weighted by molar-refractivity contribution is -0.143. The predicted octanol–water partition coefficient (Wildman–Crippen LogP) is 1.30. The number of hydrogen-bond donors (Lipinski definition) is 3. The van der Waals surface area contributed by atoms with E-state index < -0.39 is 17.3 Å². The van der Waals surface area contributed by atoms with Crippen LogP contribution in [0.4, 0.5) is 0 Å². The second-order valence-electron chi connectivity index (χ2n) is 4.74. The molecule has 0 bridgehead atoms. The first-order chi connectivity index (χ1) is 8.46. The van der Waals surface area contributed by atoms with E-state index in [0.29, 0.717) is 18.4 Å². The maximum Gasteiger partial charge on any atom is 0.311 e. The first kappa shape index (κ1) is 12.4. The van der Waals surface area contributed by atoms with Gasteiger partial charge in [0.15, 0.2) is 0 Å². The van der Waals surface area contributed by atoms with Gasteiger partial charge in [-0.1, -0.05) is 12.1 Å². The molecule has 1 aliphatic carbocycles. The van der Waals surface area contributed by atoms with E-state index in [1.54, 1.807) is 19.1 Å². The Bertz CT molecular complexity index is 506. The summed E-state index contributed by atoms with van der Waals surface area (Å²) in [5.74, 6) is -1.38. The Morgan fingerprint density at radius 3 is 2.61 bits per heavy atom.